The lowest BCUT2D eigenvalue weighted by Crippen LogP contribution is -2.44. The van der Waals surface area contributed by atoms with Crippen LogP contribution >= 0.6 is 0 Å². The van der Waals surface area contributed by atoms with Crippen LogP contribution in [0.4, 0.5) is 5.82 Å². The molecule has 0 spiro atoms. The molecule has 0 N–H and O–H groups in total. The maximum absolute atomic E-state index is 5.34. The Morgan fingerprint density at radius 2 is 2.62 bits per heavy atom. The van der Waals surface area contributed by atoms with Crippen LogP contribution in [0.3, 0.4) is 0 Å². The van der Waals surface area contributed by atoms with Crippen molar-refractivity contribution in [1.82, 2.24) is 9.97 Å². The third-order valence-corrected chi connectivity index (χ3v) is 2.18. The molecule has 1 aliphatic heterocycles. The Hall–Kier alpha value is -1.16. The third-order valence-electron chi connectivity index (χ3n) is 2.18. The van der Waals surface area contributed by atoms with E-state index in [9.17, 15) is 0 Å². The zero-order valence-corrected chi connectivity index (χ0v) is 7.60. The van der Waals surface area contributed by atoms with Gasteiger partial charge in [-0.05, 0) is 13.0 Å². The molecule has 4 heteroatoms. The smallest absolute Gasteiger partial charge is 0.199 e. The number of hydrogen-bond acceptors (Lipinski definition) is 4. The first-order valence-corrected chi connectivity index (χ1v) is 4.41. The van der Waals surface area contributed by atoms with Crippen molar-refractivity contribution in [2.24, 2.45) is 0 Å². The summed E-state index contributed by atoms with van der Waals surface area (Å²) in [5.74, 6) is 0.936. The first-order chi connectivity index (χ1) is 6.38. The van der Waals surface area contributed by atoms with E-state index in [0.717, 1.165) is 25.6 Å². The molecular formula is C9H12N3O. The molecule has 69 valence electrons. The molecule has 2 rings (SSSR count). The summed E-state index contributed by atoms with van der Waals surface area (Å²) in [4.78, 5) is 10.1. The zero-order valence-electron chi connectivity index (χ0n) is 7.60. The summed E-state index contributed by atoms with van der Waals surface area (Å²) in [6.07, 6.45) is 4.31. The van der Waals surface area contributed by atoms with Crippen LogP contribution in [0, 0.1) is 6.33 Å². The zero-order chi connectivity index (χ0) is 9.10. The molecule has 1 aromatic heterocycles. The lowest BCUT2D eigenvalue weighted by molar-refractivity contribution is 0.0985. The number of rotatable bonds is 1. The second kappa shape index (κ2) is 3.70. The molecule has 1 atom stereocenters. The van der Waals surface area contributed by atoms with Gasteiger partial charge in [-0.15, -0.1) is 0 Å². The largest absolute Gasteiger partial charge is 0.377 e. The highest BCUT2D eigenvalue weighted by Gasteiger charge is 2.19. The van der Waals surface area contributed by atoms with Crippen LogP contribution < -0.4 is 4.90 Å². The highest BCUT2D eigenvalue weighted by molar-refractivity contribution is 5.38. The molecule has 0 saturated carbocycles. The van der Waals surface area contributed by atoms with E-state index in [1.54, 1.807) is 6.20 Å². The lowest BCUT2D eigenvalue weighted by atomic mass is 10.2. The molecule has 0 bridgehead atoms. The normalized spacial score (nSPS) is 23.2. The topological polar surface area (TPSA) is 38.2 Å². The van der Waals surface area contributed by atoms with Crippen LogP contribution in [-0.2, 0) is 4.74 Å². The van der Waals surface area contributed by atoms with Crippen molar-refractivity contribution < 1.29 is 4.74 Å². The summed E-state index contributed by atoms with van der Waals surface area (Å²) in [5, 5.41) is 0. The number of morpholine rings is 1. The molecule has 1 unspecified atom stereocenters. The monoisotopic (exact) mass is 178 g/mol. The van der Waals surface area contributed by atoms with E-state index in [1.165, 1.54) is 0 Å². The van der Waals surface area contributed by atoms with Crippen molar-refractivity contribution in [2.75, 3.05) is 24.7 Å². The Balaban J connectivity index is 2.15. The van der Waals surface area contributed by atoms with Crippen molar-refractivity contribution in [3.8, 4) is 0 Å². The van der Waals surface area contributed by atoms with Crippen LogP contribution in [-0.4, -0.2) is 35.8 Å². The average molecular weight is 178 g/mol. The Labute approximate surface area is 77.6 Å². The van der Waals surface area contributed by atoms with E-state index in [1.807, 2.05) is 6.07 Å². The number of anilines is 1. The molecule has 1 fully saturated rings. The van der Waals surface area contributed by atoms with E-state index in [-0.39, 0.29) is 0 Å². The summed E-state index contributed by atoms with van der Waals surface area (Å²) in [5.41, 5.74) is 0. The predicted molar refractivity (Wildman–Crippen MR) is 48.5 cm³/mol. The van der Waals surface area contributed by atoms with Crippen molar-refractivity contribution in [2.45, 2.75) is 13.0 Å². The van der Waals surface area contributed by atoms with Gasteiger partial charge in [-0.2, -0.15) is 0 Å². The summed E-state index contributed by atoms with van der Waals surface area (Å²) in [6, 6.07) is 2.29. The van der Waals surface area contributed by atoms with Gasteiger partial charge in [0.2, 0.25) is 0 Å². The second-order valence-corrected chi connectivity index (χ2v) is 3.13. The highest BCUT2D eigenvalue weighted by Crippen LogP contribution is 2.14. The van der Waals surface area contributed by atoms with Gasteiger partial charge in [-0.1, -0.05) is 0 Å². The third kappa shape index (κ3) is 1.78. The van der Waals surface area contributed by atoms with Crippen molar-refractivity contribution >= 4 is 5.82 Å². The fourth-order valence-corrected chi connectivity index (χ4v) is 1.48. The van der Waals surface area contributed by atoms with E-state index in [4.69, 9.17) is 4.74 Å². The van der Waals surface area contributed by atoms with Gasteiger partial charge in [0.25, 0.3) is 0 Å². The fourth-order valence-electron chi connectivity index (χ4n) is 1.48. The van der Waals surface area contributed by atoms with Gasteiger partial charge in [-0.25, -0.2) is 9.97 Å². The molecule has 0 aliphatic carbocycles. The minimum absolute atomic E-state index is 0.386. The Kier molecular flexibility index (Phi) is 2.40. The summed E-state index contributed by atoms with van der Waals surface area (Å²) in [6.45, 7) is 4.56. The van der Waals surface area contributed by atoms with Gasteiger partial charge in [0, 0.05) is 12.7 Å². The van der Waals surface area contributed by atoms with Gasteiger partial charge < -0.3 is 9.64 Å². The van der Waals surface area contributed by atoms with Gasteiger partial charge in [0.15, 0.2) is 6.33 Å². The van der Waals surface area contributed by atoms with Gasteiger partial charge >= 0.3 is 0 Å². The van der Waals surface area contributed by atoms with Gasteiger partial charge in [0.1, 0.15) is 5.82 Å². The first kappa shape index (κ1) is 8.44. The van der Waals surface area contributed by atoms with E-state index >= 15 is 0 Å². The van der Waals surface area contributed by atoms with Crippen molar-refractivity contribution in [3.63, 3.8) is 0 Å². The molecule has 13 heavy (non-hydrogen) atoms. The van der Waals surface area contributed by atoms with E-state index in [2.05, 4.69) is 28.1 Å². The van der Waals surface area contributed by atoms with Crippen LogP contribution in [0.25, 0.3) is 0 Å². The molecule has 4 nitrogen and oxygen atoms in total. The molecule has 1 saturated heterocycles. The maximum atomic E-state index is 5.34. The Morgan fingerprint density at radius 3 is 3.31 bits per heavy atom. The molecule has 1 aliphatic rings. The van der Waals surface area contributed by atoms with Crippen LogP contribution in [0.2, 0.25) is 0 Å². The maximum Gasteiger partial charge on any atom is 0.199 e. The number of nitrogens with zero attached hydrogens (tertiary/aromatic N) is 3. The molecule has 0 amide bonds. The minimum Gasteiger partial charge on any atom is -0.377 e. The van der Waals surface area contributed by atoms with Crippen LogP contribution in [0.1, 0.15) is 6.92 Å². The number of aromatic nitrogens is 2. The molecule has 1 radical (unpaired) electrons. The van der Waals surface area contributed by atoms with Crippen LogP contribution in [0.5, 0.6) is 0 Å². The Bertz CT molecular complexity index is 265. The standard InChI is InChI=1S/C9H12N3O/c1-8-6-13-5-4-12(8)9-2-3-10-7-11-9/h2-3,8H,4-6H2,1H3. The van der Waals surface area contributed by atoms with Crippen LogP contribution in [0.15, 0.2) is 12.3 Å². The number of hydrogen-bond donors (Lipinski definition) is 0. The van der Waals surface area contributed by atoms with Gasteiger partial charge in [-0.3, -0.25) is 0 Å². The average Bonchev–Trinajstić information content (AvgIpc) is 2.20. The van der Waals surface area contributed by atoms with Crippen molar-refractivity contribution in [3.05, 3.63) is 18.6 Å². The molecule has 0 aromatic carbocycles. The van der Waals surface area contributed by atoms with E-state index in [0.29, 0.717) is 6.04 Å². The second-order valence-electron chi connectivity index (χ2n) is 3.13. The lowest BCUT2D eigenvalue weighted by Gasteiger charge is -2.33. The summed E-state index contributed by atoms with van der Waals surface area (Å²) < 4.78 is 5.34. The van der Waals surface area contributed by atoms with Crippen molar-refractivity contribution in [1.29, 1.82) is 0 Å². The minimum atomic E-state index is 0.386. The summed E-state index contributed by atoms with van der Waals surface area (Å²) >= 11 is 0. The predicted octanol–water partition coefficient (Wildman–Crippen LogP) is 0.502. The quantitative estimate of drug-likeness (QED) is 0.627. The van der Waals surface area contributed by atoms with Gasteiger partial charge in [0.05, 0.1) is 19.3 Å². The SMILES string of the molecule is CC1COCCN1c1ccn[c]n1. The fraction of sp³-hybridized carbons (Fsp3) is 0.556. The number of ether oxygens (including phenoxy) is 1. The first-order valence-electron chi connectivity index (χ1n) is 4.41. The highest BCUT2D eigenvalue weighted by atomic mass is 16.5. The molecular weight excluding hydrogens is 166 g/mol. The van der Waals surface area contributed by atoms with E-state index < -0.39 is 0 Å². The Morgan fingerprint density at radius 1 is 1.69 bits per heavy atom. The molecule has 1 aromatic rings. The molecule has 2 heterocycles. The summed E-state index contributed by atoms with van der Waals surface area (Å²) in [7, 11) is 0.